The number of ether oxygens (including phenoxy) is 1. The highest BCUT2D eigenvalue weighted by Crippen LogP contribution is 2.22. The van der Waals surface area contributed by atoms with E-state index in [1.807, 2.05) is 6.92 Å². The fourth-order valence-corrected chi connectivity index (χ4v) is 4.15. The molecule has 0 aromatic heterocycles. The normalized spacial score (nSPS) is 23.8. The molecule has 1 saturated carbocycles. The zero-order valence-corrected chi connectivity index (χ0v) is 16.1. The molecular weight excluding hydrogens is 310 g/mol. The molecule has 3 unspecified atom stereocenters. The third kappa shape index (κ3) is 8.70. The average Bonchev–Trinajstić information content (AvgIpc) is 2.56. The minimum atomic E-state index is -0.684. The first kappa shape index (κ1) is 20.4. The van der Waals surface area contributed by atoms with Gasteiger partial charge in [0.1, 0.15) is 0 Å². The molecule has 1 rings (SSSR count). The van der Waals surface area contributed by atoms with Crippen LogP contribution in [0, 0.1) is 5.92 Å². The molecule has 0 amide bonds. The van der Waals surface area contributed by atoms with Crippen LogP contribution in [0.1, 0.15) is 52.9 Å². The molecule has 0 radical (unpaired) electrons. The van der Waals surface area contributed by atoms with E-state index in [4.69, 9.17) is 4.74 Å². The second kappa shape index (κ2) is 11.8. The summed E-state index contributed by atoms with van der Waals surface area (Å²) in [6, 6.07) is 0.373. The summed E-state index contributed by atoms with van der Waals surface area (Å²) in [6.07, 6.45) is 5.44. The lowest BCUT2D eigenvalue weighted by atomic mass is 9.95. The van der Waals surface area contributed by atoms with Crippen molar-refractivity contribution in [2.24, 2.45) is 10.9 Å². The quantitative estimate of drug-likeness (QED) is 0.382. The van der Waals surface area contributed by atoms with Gasteiger partial charge in [-0.25, -0.2) is 0 Å². The standard InChI is InChI=1S/C17H35N3O2S/c1-5-23(21)16-8-6-7-15(13-16)20-17(18-4)19-10-12-22-11-9-14(2)3/h14-16H,5-13H2,1-4H3,(H2,18,19,20). The van der Waals surface area contributed by atoms with E-state index < -0.39 is 10.8 Å². The van der Waals surface area contributed by atoms with Crippen molar-refractivity contribution in [1.82, 2.24) is 10.6 Å². The lowest BCUT2D eigenvalue weighted by molar-refractivity contribution is 0.128. The van der Waals surface area contributed by atoms with Crippen LogP contribution in [0.25, 0.3) is 0 Å². The Bertz CT molecular complexity index is 375. The molecule has 0 bridgehead atoms. The number of aliphatic imine (C=N–C) groups is 1. The molecule has 1 aliphatic rings. The van der Waals surface area contributed by atoms with Crippen LogP contribution < -0.4 is 10.6 Å². The van der Waals surface area contributed by atoms with Crippen molar-refractivity contribution >= 4 is 16.8 Å². The average molecular weight is 346 g/mol. The predicted molar refractivity (Wildman–Crippen MR) is 99.5 cm³/mol. The Hall–Kier alpha value is -0.620. The Morgan fingerprint density at radius 3 is 2.78 bits per heavy atom. The first-order valence-corrected chi connectivity index (χ1v) is 10.4. The van der Waals surface area contributed by atoms with Gasteiger partial charge in [-0.3, -0.25) is 9.20 Å². The molecule has 23 heavy (non-hydrogen) atoms. The van der Waals surface area contributed by atoms with Crippen LogP contribution in [0.5, 0.6) is 0 Å². The van der Waals surface area contributed by atoms with Crippen LogP contribution in [0.2, 0.25) is 0 Å². The van der Waals surface area contributed by atoms with E-state index in [0.29, 0.717) is 23.8 Å². The van der Waals surface area contributed by atoms with Gasteiger partial charge >= 0.3 is 0 Å². The summed E-state index contributed by atoms with van der Waals surface area (Å²) in [6.45, 7) is 8.69. The molecule has 0 aromatic rings. The van der Waals surface area contributed by atoms with E-state index in [-0.39, 0.29) is 0 Å². The van der Waals surface area contributed by atoms with E-state index in [1.165, 1.54) is 0 Å². The maximum Gasteiger partial charge on any atom is 0.191 e. The highest BCUT2D eigenvalue weighted by atomic mass is 32.2. The topological polar surface area (TPSA) is 62.7 Å². The molecule has 5 nitrogen and oxygen atoms in total. The van der Waals surface area contributed by atoms with E-state index in [2.05, 4.69) is 29.5 Å². The number of rotatable bonds is 9. The lowest BCUT2D eigenvalue weighted by Gasteiger charge is -2.30. The molecule has 0 aromatic carbocycles. The SMILES string of the molecule is CCS(=O)C1CCCC(NC(=NC)NCCOCCC(C)C)C1. The number of nitrogens with zero attached hydrogens (tertiary/aromatic N) is 1. The minimum absolute atomic E-state index is 0.337. The van der Waals surface area contributed by atoms with Gasteiger partial charge in [0.05, 0.1) is 6.61 Å². The third-order valence-electron chi connectivity index (χ3n) is 4.23. The Labute approximate surface area is 144 Å². The Morgan fingerprint density at radius 2 is 2.13 bits per heavy atom. The minimum Gasteiger partial charge on any atom is -0.380 e. The number of hydrogen-bond donors (Lipinski definition) is 2. The molecule has 0 heterocycles. The summed E-state index contributed by atoms with van der Waals surface area (Å²) >= 11 is 0. The van der Waals surface area contributed by atoms with Gasteiger partial charge in [0, 0.05) is 48.0 Å². The van der Waals surface area contributed by atoms with Crippen molar-refractivity contribution in [3.05, 3.63) is 0 Å². The maximum atomic E-state index is 12.0. The van der Waals surface area contributed by atoms with Crippen molar-refractivity contribution in [2.75, 3.05) is 32.6 Å². The van der Waals surface area contributed by atoms with Crippen molar-refractivity contribution < 1.29 is 8.95 Å². The molecule has 0 saturated heterocycles. The highest BCUT2D eigenvalue weighted by Gasteiger charge is 2.25. The summed E-state index contributed by atoms with van der Waals surface area (Å²) in [5.74, 6) is 2.27. The number of nitrogens with one attached hydrogen (secondary N) is 2. The van der Waals surface area contributed by atoms with Crippen molar-refractivity contribution in [2.45, 2.75) is 64.2 Å². The summed E-state index contributed by atoms with van der Waals surface area (Å²) in [4.78, 5) is 4.28. The first-order valence-electron chi connectivity index (χ1n) is 8.98. The fraction of sp³-hybridized carbons (Fsp3) is 0.941. The van der Waals surface area contributed by atoms with Crippen LogP contribution in [0.15, 0.2) is 4.99 Å². The largest absolute Gasteiger partial charge is 0.380 e. The molecule has 136 valence electrons. The van der Waals surface area contributed by atoms with Crippen LogP contribution in [-0.4, -0.2) is 54.0 Å². The summed E-state index contributed by atoms with van der Waals surface area (Å²) < 4.78 is 17.6. The molecular formula is C17H35N3O2S. The zero-order valence-electron chi connectivity index (χ0n) is 15.3. The monoisotopic (exact) mass is 345 g/mol. The van der Waals surface area contributed by atoms with Gasteiger partial charge in [-0.15, -0.1) is 0 Å². The van der Waals surface area contributed by atoms with Gasteiger partial charge < -0.3 is 15.4 Å². The highest BCUT2D eigenvalue weighted by molar-refractivity contribution is 7.85. The predicted octanol–water partition coefficient (Wildman–Crippen LogP) is 2.29. The van der Waals surface area contributed by atoms with Gasteiger partial charge in [0.25, 0.3) is 0 Å². The zero-order chi connectivity index (χ0) is 17.1. The summed E-state index contributed by atoms with van der Waals surface area (Å²) in [7, 11) is 1.11. The maximum absolute atomic E-state index is 12.0. The summed E-state index contributed by atoms with van der Waals surface area (Å²) in [5.41, 5.74) is 0. The van der Waals surface area contributed by atoms with E-state index in [0.717, 1.165) is 57.0 Å². The summed E-state index contributed by atoms with van der Waals surface area (Å²) in [5, 5.41) is 7.11. The Morgan fingerprint density at radius 1 is 1.35 bits per heavy atom. The molecule has 0 aliphatic heterocycles. The molecule has 1 aliphatic carbocycles. The number of hydrogen-bond acceptors (Lipinski definition) is 3. The van der Waals surface area contributed by atoms with E-state index in [9.17, 15) is 4.21 Å². The molecule has 6 heteroatoms. The van der Waals surface area contributed by atoms with E-state index in [1.54, 1.807) is 7.05 Å². The van der Waals surface area contributed by atoms with Crippen LogP contribution >= 0.6 is 0 Å². The van der Waals surface area contributed by atoms with Gasteiger partial charge in [-0.05, 0) is 31.6 Å². The van der Waals surface area contributed by atoms with Crippen molar-refractivity contribution in [1.29, 1.82) is 0 Å². The second-order valence-electron chi connectivity index (χ2n) is 6.59. The second-order valence-corrected chi connectivity index (χ2v) is 8.60. The lowest BCUT2D eigenvalue weighted by Crippen LogP contribution is -2.47. The molecule has 3 atom stereocenters. The molecule has 1 fully saturated rings. The van der Waals surface area contributed by atoms with Crippen molar-refractivity contribution in [3.8, 4) is 0 Å². The van der Waals surface area contributed by atoms with Gasteiger partial charge in [0.15, 0.2) is 5.96 Å². The van der Waals surface area contributed by atoms with Crippen LogP contribution in [0.4, 0.5) is 0 Å². The van der Waals surface area contributed by atoms with Crippen molar-refractivity contribution in [3.63, 3.8) is 0 Å². The Kier molecular flexibility index (Phi) is 10.5. The smallest absolute Gasteiger partial charge is 0.191 e. The van der Waals surface area contributed by atoms with Crippen LogP contribution in [0.3, 0.4) is 0 Å². The third-order valence-corrected chi connectivity index (χ3v) is 5.97. The first-order chi connectivity index (χ1) is 11.1. The fourth-order valence-electron chi connectivity index (χ4n) is 2.80. The molecule has 2 N–H and O–H groups in total. The van der Waals surface area contributed by atoms with Gasteiger partial charge in [-0.2, -0.15) is 0 Å². The Balaban J connectivity index is 2.23. The van der Waals surface area contributed by atoms with Crippen LogP contribution in [-0.2, 0) is 15.5 Å². The van der Waals surface area contributed by atoms with Gasteiger partial charge in [0.2, 0.25) is 0 Å². The van der Waals surface area contributed by atoms with Gasteiger partial charge in [-0.1, -0.05) is 27.2 Å². The number of guanidine groups is 1. The molecule has 0 spiro atoms. The van der Waals surface area contributed by atoms with E-state index >= 15 is 0 Å².